The first-order valence-electron chi connectivity index (χ1n) is 9.54. The van der Waals surface area contributed by atoms with E-state index in [2.05, 4.69) is 18.7 Å². The normalized spacial score (nSPS) is 17.1. The molecule has 2 aromatic carbocycles. The standard InChI is InChI=1S/C22H22N2O5/c1-13(2)10-23-11-16-9-18-20(25)19(29-22(18)14(3)21(16)28-12-23)8-15-4-6-17(7-5-15)24(26)27/h4-9,13H,10-12H2,1-3H3/b19-8-. The molecule has 7 heteroatoms. The van der Waals surface area contributed by atoms with Gasteiger partial charge in [-0.2, -0.15) is 0 Å². The quantitative estimate of drug-likeness (QED) is 0.436. The summed E-state index contributed by atoms with van der Waals surface area (Å²) in [7, 11) is 0. The number of ketones is 1. The highest BCUT2D eigenvalue weighted by Gasteiger charge is 2.33. The van der Waals surface area contributed by atoms with E-state index < -0.39 is 4.92 Å². The van der Waals surface area contributed by atoms with Gasteiger partial charge in [-0.05, 0) is 42.7 Å². The molecule has 0 unspecified atom stereocenters. The van der Waals surface area contributed by atoms with Crippen LogP contribution in [0, 0.1) is 23.0 Å². The molecule has 0 spiro atoms. The van der Waals surface area contributed by atoms with Crippen molar-refractivity contribution in [2.45, 2.75) is 27.3 Å². The molecule has 2 aliphatic heterocycles. The Kier molecular flexibility index (Phi) is 4.84. The molecule has 0 saturated heterocycles. The van der Waals surface area contributed by atoms with E-state index in [1.54, 1.807) is 18.2 Å². The van der Waals surface area contributed by atoms with Crippen LogP contribution >= 0.6 is 0 Å². The maximum Gasteiger partial charge on any atom is 0.269 e. The number of fused-ring (bicyclic) bond motifs is 2. The van der Waals surface area contributed by atoms with Crippen LogP contribution in [0.3, 0.4) is 0 Å². The fourth-order valence-corrected chi connectivity index (χ4v) is 3.77. The Labute approximate surface area is 168 Å². The van der Waals surface area contributed by atoms with Gasteiger partial charge in [-0.25, -0.2) is 0 Å². The van der Waals surface area contributed by atoms with Crippen LogP contribution in [0.15, 0.2) is 36.1 Å². The van der Waals surface area contributed by atoms with Crippen molar-refractivity contribution in [1.82, 2.24) is 4.90 Å². The zero-order valence-electron chi connectivity index (χ0n) is 16.6. The molecule has 0 atom stereocenters. The fourth-order valence-electron chi connectivity index (χ4n) is 3.77. The number of rotatable bonds is 4. The SMILES string of the molecule is Cc1c2c(cc3c1O/C(=C\c1ccc([N+](=O)[O-])cc1)C3=O)CN(CC(C)C)CO2. The number of hydrogen-bond donors (Lipinski definition) is 0. The molecule has 150 valence electrons. The largest absolute Gasteiger partial charge is 0.477 e. The summed E-state index contributed by atoms with van der Waals surface area (Å²) in [6.07, 6.45) is 1.61. The minimum Gasteiger partial charge on any atom is -0.477 e. The average molecular weight is 394 g/mol. The number of hydrogen-bond acceptors (Lipinski definition) is 6. The summed E-state index contributed by atoms with van der Waals surface area (Å²) in [5.74, 6) is 1.85. The lowest BCUT2D eigenvalue weighted by Gasteiger charge is -2.31. The zero-order chi connectivity index (χ0) is 20.7. The Morgan fingerprint density at radius 2 is 1.97 bits per heavy atom. The van der Waals surface area contributed by atoms with Crippen LogP contribution in [0.2, 0.25) is 0 Å². The van der Waals surface area contributed by atoms with Crippen molar-refractivity contribution in [2.75, 3.05) is 13.3 Å². The maximum atomic E-state index is 12.9. The number of carbonyl (C=O) groups excluding carboxylic acids is 1. The third kappa shape index (κ3) is 3.61. The topological polar surface area (TPSA) is 81.9 Å². The van der Waals surface area contributed by atoms with Crippen LogP contribution < -0.4 is 9.47 Å². The summed E-state index contributed by atoms with van der Waals surface area (Å²) in [6.45, 7) is 8.40. The molecule has 7 nitrogen and oxygen atoms in total. The third-order valence-corrected chi connectivity index (χ3v) is 5.03. The van der Waals surface area contributed by atoms with Gasteiger partial charge in [0.25, 0.3) is 5.69 Å². The Morgan fingerprint density at radius 1 is 1.24 bits per heavy atom. The summed E-state index contributed by atoms with van der Waals surface area (Å²) in [4.78, 5) is 25.5. The van der Waals surface area contributed by atoms with E-state index in [1.165, 1.54) is 12.1 Å². The average Bonchev–Trinajstić information content (AvgIpc) is 2.98. The van der Waals surface area contributed by atoms with Gasteiger partial charge in [-0.3, -0.25) is 19.8 Å². The lowest BCUT2D eigenvalue weighted by Crippen LogP contribution is -2.35. The molecule has 0 radical (unpaired) electrons. The Balaban J connectivity index is 1.63. The van der Waals surface area contributed by atoms with Gasteiger partial charge in [0, 0.05) is 36.3 Å². The summed E-state index contributed by atoms with van der Waals surface area (Å²) in [5, 5.41) is 10.8. The van der Waals surface area contributed by atoms with Gasteiger partial charge >= 0.3 is 0 Å². The van der Waals surface area contributed by atoms with Crippen molar-refractivity contribution in [2.24, 2.45) is 5.92 Å². The molecule has 0 bridgehead atoms. The van der Waals surface area contributed by atoms with Gasteiger partial charge in [0.1, 0.15) is 18.2 Å². The van der Waals surface area contributed by atoms with E-state index in [1.807, 2.05) is 13.0 Å². The first-order chi connectivity index (χ1) is 13.8. The first-order valence-corrected chi connectivity index (χ1v) is 9.54. The van der Waals surface area contributed by atoms with Crippen LogP contribution in [-0.2, 0) is 6.54 Å². The highest BCUT2D eigenvalue weighted by atomic mass is 16.6. The summed E-state index contributed by atoms with van der Waals surface area (Å²) in [5.41, 5.74) is 3.00. The molecule has 0 N–H and O–H groups in total. The second-order valence-electron chi connectivity index (χ2n) is 7.83. The van der Waals surface area contributed by atoms with Crippen molar-refractivity contribution in [3.05, 3.63) is 68.5 Å². The molecule has 2 heterocycles. The molecule has 0 amide bonds. The van der Waals surface area contributed by atoms with E-state index in [4.69, 9.17) is 9.47 Å². The fraction of sp³-hybridized carbons (Fsp3) is 0.318. The van der Waals surface area contributed by atoms with Crippen molar-refractivity contribution in [3.63, 3.8) is 0 Å². The van der Waals surface area contributed by atoms with Crippen molar-refractivity contribution in [3.8, 4) is 11.5 Å². The molecule has 0 aromatic heterocycles. The Bertz CT molecular complexity index is 1020. The van der Waals surface area contributed by atoms with E-state index in [0.29, 0.717) is 29.5 Å². The number of carbonyl (C=O) groups is 1. The minimum atomic E-state index is -0.458. The number of allylic oxidation sites excluding steroid dienone is 1. The number of ether oxygens (including phenoxy) is 2. The Morgan fingerprint density at radius 3 is 2.62 bits per heavy atom. The van der Waals surface area contributed by atoms with E-state index in [-0.39, 0.29) is 17.2 Å². The number of nitro groups is 1. The molecule has 2 aromatic rings. The number of Topliss-reactive ketones (excluding diaryl/α,β-unsaturated/α-hetero) is 1. The highest BCUT2D eigenvalue weighted by Crippen LogP contribution is 2.43. The molecule has 4 rings (SSSR count). The number of non-ortho nitro benzene ring substituents is 1. The lowest BCUT2D eigenvalue weighted by molar-refractivity contribution is -0.384. The molecular formula is C22H22N2O5. The van der Waals surface area contributed by atoms with E-state index >= 15 is 0 Å². The molecular weight excluding hydrogens is 372 g/mol. The van der Waals surface area contributed by atoms with Gasteiger partial charge in [0.2, 0.25) is 5.78 Å². The lowest BCUT2D eigenvalue weighted by atomic mass is 9.99. The van der Waals surface area contributed by atoms with Crippen molar-refractivity contribution < 1.29 is 19.2 Å². The Hall–Kier alpha value is -3.19. The predicted molar refractivity (Wildman–Crippen MR) is 108 cm³/mol. The number of nitrogens with zero attached hydrogens (tertiary/aromatic N) is 2. The third-order valence-electron chi connectivity index (χ3n) is 5.03. The molecule has 0 saturated carbocycles. The number of benzene rings is 2. The van der Waals surface area contributed by atoms with Crippen molar-refractivity contribution in [1.29, 1.82) is 0 Å². The molecule has 0 fully saturated rings. The van der Waals surface area contributed by atoms with Gasteiger partial charge in [0.15, 0.2) is 5.76 Å². The van der Waals surface area contributed by atoms with Crippen LogP contribution in [-0.4, -0.2) is 28.9 Å². The maximum absolute atomic E-state index is 12.9. The summed E-state index contributed by atoms with van der Waals surface area (Å²) < 4.78 is 11.8. The van der Waals surface area contributed by atoms with Crippen molar-refractivity contribution >= 4 is 17.5 Å². The second-order valence-corrected chi connectivity index (χ2v) is 7.83. The summed E-state index contributed by atoms with van der Waals surface area (Å²) in [6, 6.07) is 7.86. The number of nitro benzene ring substituents is 1. The van der Waals surface area contributed by atoms with E-state index in [0.717, 1.165) is 30.0 Å². The van der Waals surface area contributed by atoms with Crippen LogP contribution in [0.25, 0.3) is 6.08 Å². The summed E-state index contributed by atoms with van der Waals surface area (Å²) >= 11 is 0. The molecule has 2 aliphatic rings. The van der Waals surface area contributed by atoms with Crippen LogP contribution in [0.1, 0.15) is 40.9 Å². The second kappa shape index (κ2) is 7.33. The predicted octanol–water partition coefficient (Wildman–Crippen LogP) is 4.33. The monoisotopic (exact) mass is 394 g/mol. The van der Waals surface area contributed by atoms with Gasteiger partial charge in [-0.15, -0.1) is 0 Å². The van der Waals surface area contributed by atoms with Gasteiger partial charge in [0.05, 0.1) is 10.5 Å². The van der Waals surface area contributed by atoms with Crippen LogP contribution in [0.5, 0.6) is 11.5 Å². The first kappa shape index (κ1) is 19.1. The van der Waals surface area contributed by atoms with E-state index in [9.17, 15) is 14.9 Å². The zero-order valence-corrected chi connectivity index (χ0v) is 16.6. The molecule has 29 heavy (non-hydrogen) atoms. The smallest absolute Gasteiger partial charge is 0.269 e. The van der Waals surface area contributed by atoms with Gasteiger partial charge in [-0.1, -0.05) is 13.8 Å². The highest BCUT2D eigenvalue weighted by molar-refractivity contribution is 6.15. The van der Waals surface area contributed by atoms with Gasteiger partial charge < -0.3 is 9.47 Å². The van der Waals surface area contributed by atoms with Crippen LogP contribution in [0.4, 0.5) is 5.69 Å². The minimum absolute atomic E-state index is 0.000670. The molecule has 0 aliphatic carbocycles.